The van der Waals surface area contributed by atoms with Crippen molar-refractivity contribution in [2.24, 2.45) is 0 Å². The molecule has 0 saturated heterocycles. The Morgan fingerprint density at radius 2 is 1.84 bits per heavy atom. The third-order valence-electron chi connectivity index (χ3n) is 5.38. The summed E-state index contributed by atoms with van der Waals surface area (Å²) in [5.41, 5.74) is 1.25. The summed E-state index contributed by atoms with van der Waals surface area (Å²) in [6.45, 7) is 7.09. The molecule has 0 radical (unpaired) electrons. The predicted octanol–water partition coefficient (Wildman–Crippen LogP) is 5.86. The molecule has 0 fully saturated rings. The molecule has 1 heterocycles. The number of rotatable bonds is 8. The topological polar surface area (TPSA) is 67.2 Å². The largest absolute Gasteiger partial charge is 0.322 e. The van der Waals surface area contributed by atoms with E-state index in [2.05, 4.69) is 12.2 Å². The molecule has 3 rings (SSSR count). The minimum absolute atomic E-state index is 0.0740. The molecular formula is C24H29ClN4O2. The third-order valence-corrected chi connectivity index (χ3v) is 5.63. The van der Waals surface area contributed by atoms with Crippen molar-refractivity contribution in [2.75, 3.05) is 11.9 Å². The van der Waals surface area contributed by atoms with E-state index in [1.54, 1.807) is 39.8 Å². The molecule has 2 amide bonds. The van der Waals surface area contributed by atoms with E-state index >= 15 is 0 Å². The van der Waals surface area contributed by atoms with Crippen LogP contribution >= 0.6 is 11.6 Å². The second-order valence-electron chi connectivity index (χ2n) is 7.44. The van der Waals surface area contributed by atoms with Crippen molar-refractivity contribution in [1.29, 1.82) is 0 Å². The van der Waals surface area contributed by atoms with Crippen molar-refractivity contribution in [3.63, 3.8) is 0 Å². The standard InChI is InChI=1S/C24H29ClN4O2/c1-4-7-16-29(24(31)26-18-14-12-17(25)13-15-18)21(5-2)22-27-20-11-9-8-10-19(20)23(30)28(22)6-3/h8-15,21H,4-7,16H2,1-3H3,(H,26,31). The number of unbranched alkanes of at least 4 members (excludes halogenated alkanes) is 1. The van der Waals surface area contributed by atoms with Gasteiger partial charge in [0.1, 0.15) is 5.82 Å². The molecule has 0 aliphatic carbocycles. The van der Waals surface area contributed by atoms with E-state index in [0.717, 1.165) is 12.8 Å². The maximum Gasteiger partial charge on any atom is 0.322 e. The van der Waals surface area contributed by atoms with Crippen LogP contribution in [0.4, 0.5) is 10.5 Å². The van der Waals surface area contributed by atoms with Crippen LogP contribution in [-0.4, -0.2) is 27.0 Å². The maximum atomic E-state index is 13.3. The summed E-state index contributed by atoms with van der Waals surface area (Å²) in [4.78, 5) is 33.0. The maximum absolute atomic E-state index is 13.3. The highest BCUT2D eigenvalue weighted by atomic mass is 35.5. The first-order chi connectivity index (χ1) is 15.0. The number of anilines is 1. The van der Waals surface area contributed by atoms with Crippen LogP contribution in [0.15, 0.2) is 53.3 Å². The number of benzene rings is 2. The smallest absolute Gasteiger partial charge is 0.314 e. The molecular weight excluding hydrogens is 412 g/mol. The molecule has 0 aliphatic heterocycles. The molecule has 0 aliphatic rings. The zero-order chi connectivity index (χ0) is 22.4. The van der Waals surface area contributed by atoms with Crippen LogP contribution in [0.2, 0.25) is 5.02 Å². The number of amides is 2. The highest BCUT2D eigenvalue weighted by Gasteiger charge is 2.28. The molecule has 0 spiro atoms. The molecule has 0 saturated carbocycles. The molecule has 31 heavy (non-hydrogen) atoms. The molecule has 2 aromatic carbocycles. The van der Waals surface area contributed by atoms with E-state index in [1.165, 1.54) is 0 Å². The lowest BCUT2D eigenvalue weighted by molar-refractivity contribution is 0.178. The SMILES string of the molecule is CCCCN(C(=O)Nc1ccc(Cl)cc1)C(CC)c1nc2ccccc2c(=O)n1CC. The van der Waals surface area contributed by atoms with Crippen molar-refractivity contribution < 1.29 is 4.79 Å². The Morgan fingerprint density at radius 1 is 1.13 bits per heavy atom. The highest BCUT2D eigenvalue weighted by Crippen LogP contribution is 2.25. The van der Waals surface area contributed by atoms with Crippen LogP contribution in [0.25, 0.3) is 10.9 Å². The molecule has 3 aromatic rings. The zero-order valence-corrected chi connectivity index (χ0v) is 19.0. The lowest BCUT2D eigenvalue weighted by atomic mass is 10.1. The van der Waals surface area contributed by atoms with Gasteiger partial charge in [0.05, 0.1) is 16.9 Å². The van der Waals surface area contributed by atoms with Gasteiger partial charge in [-0.05, 0) is 56.2 Å². The van der Waals surface area contributed by atoms with Crippen molar-refractivity contribution in [1.82, 2.24) is 14.5 Å². The first-order valence-corrected chi connectivity index (χ1v) is 11.2. The van der Waals surface area contributed by atoms with Gasteiger partial charge in [-0.2, -0.15) is 0 Å². The lowest BCUT2D eigenvalue weighted by Crippen LogP contribution is -2.41. The number of hydrogen-bond donors (Lipinski definition) is 1. The number of halogens is 1. The Morgan fingerprint density at radius 3 is 2.48 bits per heavy atom. The molecule has 1 N–H and O–H groups in total. The van der Waals surface area contributed by atoms with Crippen molar-refractivity contribution in [2.45, 2.75) is 52.6 Å². The fraction of sp³-hybridized carbons (Fsp3) is 0.375. The van der Waals surface area contributed by atoms with Gasteiger partial charge in [0.15, 0.2) is 0 Å². The Hall–Kier alpha value is -2.86. The fourth-order valence-corrected chi connectivity index (χ4v) is 3.87. The van der Waals surface area contributed by atoms with Crippen molar-refractivity contribution in [3.8, 4) is 0 Å². The first-order valence-electron chi connectivity index (χ1n) is 10.8. The number of carbonyl (C=O) groups is 1. The second kappa shape index (κ2) is 10.4. The first kappa shape index (κ1) is 22.8. The van der Waals surface area contributed by atoms with E-state index < -0.39 is 0 Å². The van der Waals surface area contributed by atoms with E-state index in [4.69, 9.17) is 16.6 Å². The van der Waals surface area contributed by atoms with Gasteiger partial charge >= 0.3 is 6.03 Å². The number of hydrogen-bond acceptors (Lipinski definition) is 3. The number of urea groups is 1. The number of nitrogens with zero attached hydrogens (tertiary/aromatic N) is 3. The number of fused-ring (bicyclic) bond motifs is 1. The van der Waals surface area contributed by atoms with Gasteiger partial charge in [-0.25, -0.2) is 9.78 Å². The molecule has 164 valence electrons. The summed E-state index contributed by atoms with van der Waals surface area (Å²) < 4.78 is 1.69. The van der Waals surface area contributed by atoms with Gasteiger partial charge in [0, 0.05) is 23.8 Å². The minimum atomic E-state index is -0.323. The monoisotopic (exact) mass is 440 g/mol. The van der Waals surface area contributed by atoms with E-state index in [-0.39, 0.29) is 17.6 Å². The molecule has 1 aromatic heterocycles. The Labute approximate surface area is 187 Å². The van der Waals surface area contributed by atoms with E-state index in [1.807, 2.05) is 32.0 Å². The van der Waals surface area contributed by atoms with Gasteiger partial charge in [-0.15, -0.1) is 0 Å². The minimum Gasteiger partial charge on any atom is -0.314 e. The van der Waals surface area contributed by atoms with Crippen molar-refractivity contribution >= 4 is 34.2 Å². The summed E-state index contributed by atoms with van der Waals surface area (Å²) >= 11 is 5.96. The summed E-state index contributed by atoms with van der Waals surface area (Å²) in [5.74, 6) is 0.621. The number of para-hydroxylation sites is 1. The Kier molecular flexibility index (Phi) is 7.69. The third kappa shape index (κ3) is 5.07. The van der Waals surface area contributed by atoms with Gasteiger partial charge in [0.2, 0.25) is 0 Å². The summed E-state index contributed by atoms with van der Waals surface area (Å²) in [6.07, 6.45) is 2.45. The number of aromatic nitrogens is 2. The van der Waals surface area contributed by atoms with Crippen LogP contribution in [0.5, 0.6) is 0 Å². The zero-order valence-electron chi connectivity index (χ0n) is 18.3. The average Bonchev–Trinajstić information content (AvgIpc) is 2.78. The van der Waals surface area contributed by atoms with Crippen LogP contribution in [-0.2, 0) is 6.54 Å². The van der Waals surface area contributed by atoms with Gasteiger partial charge in [-0.3, -0.25) is 9.36 Å². The molecule has 0 bridgehead atoms. The van der Waals surface area contributed by atoms with Gasteiger partial charge in [-0.1, -0.05) is 44.0 Å². The fourth-order valence-electron chi connectivity index (χ4n) is 3.74. The van der Waals surface area contributed by atoms with Gasteiger partial charge in [0.25, 0.3) is 5.56 Å². The number of nitrogens with one attached hydrogen (secondary N) is 1. The Bertz CT molecular complexity index is 1090. The van der Waals surface area contributed by atoms with Crippen molar-refractivity contribution in [3.05, 3.63) is 69.7 Å². The average molecular weight is 441 g/mol. The predicted molar refractivity (Wildman–Crippen MR) is 127 cm³/mol. The van der Waals surface area contributed by atoms with E-state index in [9.17, 15) is 9.59 Å². The van der Waals surface area contributed by atoms with Crippen LogP contribution in [0.1, 0.15) is 51.9 Å². The summed E-state index contributed by atoms with van der Waals surface area (Å²) in [5, 5.41) is 4.17. The van der Waals surface area contributed by atoms with E-state index in [0.29, 0.717) is 46.9 Å². The molecule has 7 heteroatoms. The molecule has 1 unspecified atom stereocenters. The number of carbonyl (C=O) groups excluding carboxylic acids is 1. The summed E-state index contributed by atoms with van der Waals surface area (Å²) in [6, 6.07) is 13.8. The molecule has 1 atom stereocenters. The van der Waals surface area contributed by atoms with Crippen LogP contribution in [0.3, 0.4) is 0 Å². The van der Waals surface area contributed by atoms with Crippen LogP contribution in [0, 0.1) is 0 Å². The quantitative estimate of drug-likeness (QED) is 0.477. The highest BCUT2D eigenvalue weighted by molar-refractivity contribution is 6.30. The Balaban J connectivity index is 2.03. The van der Waals surface area contributed by atoms with Crippen LogP contribution < -0.4 is 10.9 Å². The van der Waals surface area contributed by atoms with Gasteiger partial charge < -0.3 is 10.2 Å². The normalized spacial score (nSPS) is 12.0. The lowest BCUT2D eigenvalue weighted by Gasteiger charge is -2.32. The molecule has 6 nitrogen and oxygen atoms in total. The second-order valence-corrected chi connectivity index (χ2v) is 7.88. The summed E-state index contributed by atoms with van der Waals surface area (Å²) in [7, 11) is 0.